The monoisotopic (exact) mass is 649 g/mol. The van der Waals surface area contributed by atoms with Crippen molar-refractivity contribution >= 4 is 43.5 Å². The van der Waals surface area contributed by atoms with Gasteiger partial charge in [-0.15, -0.1) is 0 Å². The molecule has 1 unspecified atom stereocenters. The van der Waals surface area contributed by atoms with E-state index in [9.17, 15) is 18.0 Å². The fourth-order valence-electron chi connectivity index (χ4n) is 4.58. The summed E-state index contributed by atoms with van der Waals surface area (Å²) in [5, 5.41) is 2.68. The van der Waals surface area contributed by atoms with Crippen molar-refractivity contribution < 1.29 is 22.7 Å². The average Bonchev–Trinajstić information content (AvgIpc) is 3.02. The van der Waals surface area contributed by atoms with Crippen molar-refractivity contribution in [3.8, 4) is 5.75 Å². The van der Waals surface area contributed by atoms with E-state index in [2.05, 4.69) is 21.2 Å². The van der Waals surface area contributed by atoms with Crippen molar-refractivity contribution in [2.24, 2.45) is 0 Å². The molecule has 0 aliphatic heterocycles. The number of hydrogen-bond donors (Lipinski definition) is 1. The van der Waals surface area contributed by atoms with Crippen molar-refractivity contribution in [1.29, 1.82) is 0 Å². The second-order valence-corrected chi connectivity index (χ2v) is 12.2. The zero-order valence-electron chi connectivity index (χ0n) is 23.3. The fraction of sp³-hybridized carbons (Fsp3) is 0.188. The Morgan fingerprint density at radius 2 is 1.43 bits per heavy atom. The molecule has 0 bridgehead atoms. The number of sulfonamides is 1. The van der Waals surface area contributed by atoms with E-state index in [0.717, 1.165) is 19.9 Å². The Balaban J connectivity index is 1.80. The van der Waals surface area contributed by atoms with Crippen LogP contribution in [0.5, 0.6) is 5.75 Å². The second-order valence-electron chi connectivity index (χ2n) is 9.46. The first kappa shape index (κ1) is 30.8. The minimum atomic E-state index is -4.21. The first-order chi connectivity index (χ1) is 20.2. The van der Waals surface area contributed by atoms with Gasteiger partial charge in [0.25, 0.3) is 10.0 Å². The summed E-state index contributed by atoms with van der Waals surface area (Å²) in [6, 6.07) is 30.4. The third kappa shape index (κ3) is 7.37. The molecular formula is C32H32BrN3O5S. The van der Waals surface area contributed by atoms with E-state index in [1.165, 1.54) is 31.2 Å². The lowest BCUT2D eigenvalue weighted by atomic mass is 10.0. The standard InChI is InChI=1S/C32H32BrN3O5S/c1-34-32(38)29(21-24-11-5-3-6-12-24)35(22-25-17-19-26(33)20-18-25)31(37)23-36(28-15-9-10-16-30(28)41-2)42(39,40)27-13-7-4-8-14-27/h3-20,29H,21-23H2,1-2H3,(H,34,38). The zero-order valence-corrected chi connectivity index (χ0v) is 25.7. The van der Waals surface area contributed by atoms with Crippen LogP contribution in [0.3, 0.4) is 0 Å². The van der Waals surface area contributed by atoms with Gasteiger partial charge in [-0.1, -0.05) is 88.7 Å². The van der Waals surface area contributed by atoms with Gasteiger partial charge in [0.1, 0.15) is 18.3 Å². The number of para-hydroxylation sites is 2. The number of anilines is 1. The van der Waals surface area contributed by atoms with Crippen LogP contribution < -0.4 is 14.4 Å². The van der Waals surface area contributed by atoms with Crippen molar-refractivity contribution in [3.63, 3.8) is 0 Å². The Labute approximate surface area is 255 Å². The summed E-state index contributed by atoms with van der Waals surface area (Å²) in [5.41, 5.74) is 1.85. The molecule has 42 heavy (non-hydrogen) atoms. The Hall–Kier alpha value is -4.15. The largest absolute Gasteiger partial charge is 0.495 e. The van der Waals surface area contributed by atoms with Gasteiger partial charge in [0, 0.05) is 24.5 Å². The zero-order chi connectivity index (χ0) is 30.1. The smallest absolute Gasteiger partial charge is 0.264 e. The third-order valence-electron chi connectivity index (χ3n) is 6.75. The van der Waals surface area contributed by atoms with E-state index in [-0.39, 0.29) is 35.2 Å². The molecule has 1 N–H and O–H groups in total. The number of methoxy groups -OCH3 is 1. The van der Waals surface area contributed by atoms with Crippen LogP contribution in [-0.2, 0) is 32.6 Å². The number of carbonyl (C=O) groups excluding carboxylic acids is 2. The summed E-state index contributed by atoms with van der Waals surface area (Å²) >= 11 is 3.43. The van der Waals surface area contributed by atoms with Gasteiger partial charge in [-0.2, -0.15) is 0 Å². The molecule has 0 spiro atoms. The fourth-order valence-corrected chi connectivity index (χ4v) is 6.29. The predicted octanol–water partition coefficient (Wildman–Crippen LogP) is 5.04. The summed E-state index contributed by atoms with van der Waals surface area (Å²) < 4.78 is 35.4. The second kappa shape index (κ2) is 14.2. The predicted molar refractivity (Wildman–Crippen MR) is 167 cm³/mol. The minimum Gasteiger partial charge on any atom is -0.495 e. The highest BCUT2D eigenvalue weighted by Crippen LogP contribution is 2.32. The van der Waals surface area contributed by atoms with E-state index in [0.29, 0.717) is 0 Å². The van der Waals surface area contributed by atoms with Gasteiger partial charge in [0.15, 0.2) is 0 Å². The van der Waals surface area contributed by atoms with Crippen molar-refractivity contribution in [1.82, 2.24) is 10.2 Å². The lowest BCUT2D eigenvalue weighted by Crippen LogP contribution is -2.53. The van der Waals surface area contributed by atoms with E-state index >= 15 is 0 Å². The van der Waals surface area contributed by atoms with Crippen molar-refractivity contribution in [3.05, 3.63) is 125 Å². The molecule has 10 heteroatoms. The van der Waals surface area contributed by atoms with E-state index in [4.69, 9.17) is 4.74 Å². The molecule has 0 aliphatic carbocycles. The molecule has 1 atom stereocenters. The molecule has 4 rings (SSSR count). The Morgan fingerprint density at radius 1 is 0.833 bits per heavy atom. The maximum atomic E-state index is 14.3. The van der Waals surface area contributed by atoms with Crippen LogP contribution in [0.25, 0.3) is 0 Å². The number of benzene rings is 4. The van der Waals surface area contributed by atoms with Gasteiger partial charge in [-0.05, 0) is 47.5 Å². The van der Waals surface area contributed by atoms with Crippen LogP contribution in [-0.4, -0.2) is 51.9 Å². The number of likely N-dealkylation sites (N-methyl/N-ethyl adjacent to an activating group) is 1. The number of nitrogens with zero attached hydrogens (tertiary/aromatic N) is 2. The third-order valence-corrected chi connectivity index (χ3v) is 9.05. The minimum absolute atomic E-state index is 0.0234. The number of rotatable bonds is 12. The lowest BCUT2D eigenvalue weighted by molar-refractivity contribution is -0.139. The van der Waals surface area contributed by atoms with Crippen molar-refractivity contribution in [2.45, 2.75) is 23.9 Å². The molecule has 4 aromatic carbocycles. The summed E-state index contributed by atoms with van der Waals surface area (Å²) in [7, 11) is -1.25. The summed E-state index contributed by atoms with van der Waals surface area (Å²) in [5.74, 6) is -0.622. The molecule has 0 aliphatic rings. The Morgan fingerprint density at radius 3 is 2.05 bits per heavy atom. The quantitative estimate of drug-likeness (QED) is 0.232. The molecule has 2 amide bonds. The van der Waals surface area contributed by atoms with Gasteiger partial charge in [-0.3, -0.25) is 13.9 Å². The number of carbonyl (C=O) groups is 2. The lowest BCUT2D eigenvalue weighted by Gasteiger charge is -2.34. The normalized spacial score (nSPS) is 11.8. The first-order valence-electron chi connectivity index (χ1n) is 13.2. The van der Waals surface area contributed by atoms with Crippen LogP contribution in [0, 0.1) is 0 Å². The van der Waals surface area contributed by atoms with Crippen LogP contribution in [0.1, 0.15) is 11.1 Å². The van der Waals surface area contributed by atoms with Crippen LogP contribution in [0.15, 0.2) is 119 Å². The molecule has 0 heterocycles. The molecule has 8 nitrogen and oxygen atoms in total. The van der Waals surface area contributed by atoms with Gasteiger partial charge < -0.3 is 15.0 Å². The van der Waals surface area contributed by atoms with Crippen LogP contribution in [0.2, 0.25) is 0 Å². The summed E-state index contributed by atoms with van der Waals surface area (Å²) in [6.07, 6.45) is 0.239. The summed E-state index contributed by atoms with van der Waals surface area (Å²) in [6.45, 7) is -0.474. The van der Waals surface area contributed by atoms with Gasteiger partial charge in [-0.25, -0.2) is 8.42 Å². The number of halogens is 1. The SMILES string of the molecule is CNC(=O)C(Cc1ccccc1)N(Cc1ccc(Br)cc1)C(=O)CN(c1ccccc1OC)S(=O)(=O)c1ccccc1. The van der Waals surface area contributed by atoms with E-state index < -0.39 is 28.5 Å². The van der Waals surface area contributed by atoms with Crippen molar-refractivity contribution in [2.75, 3.05) is 25.0 Å². The molecule has 0 saturated carbocycles. The maximum absolute atomic E-state index is 14.3. The van der Waals surface area contributed by atoms with E-state index in [1.54, 1.807) is 42.5 Å². The highest BCUT2D eigenvalue weighted by Gasteiger charge is 2.35. The molecule has 0 fully saturated rings. The molecule has 4 aromatic rings. The molecule has 0 radical (unpaired) electrons. The highest BCUT2D eigenvalue weighted by atomic mass is 79.9. The molecule has 0 aromatic heterocycles. The Bertz CT molecular complexity index is 1600. The Kier molecular flexibility index (Phi) is 10.4. The highest BCUT2D eigenvalue weighted by molar-refractivity contribution is 9.10. The maximum Gasteiger partial charge on any atom is 0.264 e. The molecule has 218 valence electrons. The summed E-state index contributed by atoms with van der Waals surface area (Å²) in [4.78, 5) is 29.1. The average molecular weight is 651 g/mol. The van der Waals surface area contributed by atoms with Gasteiger partial charge >= 0.3 is 0 Å². The first-order valence-corrected chi connectivity index (χ1v) is 15.5. The molecular weight excluding hydrogens is 618 g/mol. The van der Waals surface area contributed by atoms with Crippen LogP contribution >= 0.6 is 15.9 Å². The number of hydrogen-bond acceptors (Lipinski definition) is 5. The molecule has 0 saturated heterocycles. The topological polar surface area (TPSA) is 96.0 Å². The van der Waals surface area contributed by atoms with Gasteiger partial charge in [0.2, 0.25) is 11.8 Å². The van der Waals surface area contributed by atoms with E-state index in [1.807, 2.05) is 54.6 Å². The number of amides is 2. The van der Waals surface area contributed by atoms with Gasteiger partial charge in [0.05, 0.1) is 17.7 Å². The number of ether oxygens (including phenoxy) is 1. The number of nitrogens with one attached hydrogen (secondary N) is 1. The van der Waals surface area contributed by atoms with Crippen LogP contribution in [0.4, 0.5) is 5.69 Å².